The molecule has 2 amide bonds. The average Bonchev–Trinajstić information content (AvgIpc) is 3.37. The number of hydrogen-bond acceptors (Lipinski definition) is 10. The Kier molecular flexibility index (Phi) is 9.01. The van der Waals surface area contributed by atoms with Gasteiger partial charge in [0.1, 0.15) is 11.9 Å². The highest BCUT2D eigenvalue weighted by molar-refractivity contribution is 6.33. The van der Waals surface area contributed by atoms with E-state index in [9.17, 15) is 9.59 Å². The Morgan fingerprint density at radius 3 is 2.68 bits per heavy atom. The second-order valence-electron chi connectivity index (χ2n) is 11.9. The second-order valence-corrected chi connectivity index (χ2v) is 12.4. The first kappa shape index (κ1) is 30.3. The summed E-state index contributed by atoms with van der Waals surface area (Å²) in [7, 11) is 2.14. The highest BCUT2D eigenvalue weighted by Crippen LogP contribution is 2.31. The lowest BCUT2D eigenvalue weighted by atomic mass is 10.1. The summed E-state index contributed by atoms with van der Waals surface area (Å²) in [6, 6.07) is 1.05. The van der Waals surface area contributed by atoms with Crippen LogP contribution in [0.4, 0.5) is 5.95 Å². The van der Waals surface area contributed by atoms with E-state index in [2.05, 4.69) is 59.9 Å². The summed E-state index contributed by atoms with van der Waals surface area (Å²) in [5.74, 6) is 1.08. The summed E-state index contributed by atoms with van der Waals surface area (Å²) >= 11 is 6.49. The van der Waals surface area contributed by atoms with E-state index in [0.29, 0.717) is 46.7 Å². The molecule has 4 aliphatic rings. The summed E-state index contributed by atoms with van der Waals surface area (Å²) < 4.78 is 5.43. The van der Waals surface area contributed by atoms with Crippen LogP contribution >= 0.6 is 11.6 Å². The zero-order chi connectivity index (χ0) is 30.8. The van der Waals surface area contributed by atoms with Gasteiger partial charge in [0.05, 0.1) is 40.8 Å². The van der Waals surface area contributed by atoms with Crippen LogP contribution in [-0.2, 0) is 16.1 Å². The van der Waals surface area contributed by atoms with Crippen molar-refractivity contribution in [1.29, 1.82) is 0 Å². The Morgan fingerprint density at radius 2 is 1.91 bits per heavy atom. The molecule has 234 valence electrons. The topological polar surface area (TPSA) is 128 Å². The number of carbonyl (C=O) groups is 2. The molecular formula is C31H40ClN9O3. The Bertz CT molecular complexity index is 1450. The zero-order valence-electron chi connectivity index (χ0n) is 25.4. The first-order valence-corrected chi connectivity index (χ1v) is 15.7. The van der Waals surface area contributed by atoms with E-state index in [-0.39, 0.29) is 36.5 Å². The minimum Gasteiger partial charge on any atom is -0.381 e. The molecule has 0 bridgehead atoms. The van der Waals surface area contributed by atoms with E-state index in [1.54, 1.807) is 30.3 Å². The van der Waals surface area contributed by atoms with Crippen LogP contribution in [0.25, 0.3) is 11.3 Å². The number of pyridine rings is 1. The third-order valence-corrected chi connectivity index (χ3v) is 9.12. The molecule has 3 atom stereocenters. The van der Waals surface area contributed by atoms with E-state index < -0.39 is 6.04 Å². The van der Waals surface area contributed by atoms with Crippen LogP contribution < -0.4 is 16.0 Å². The van der Waals surface area contributed by atoms with Gasteiger partial charge in [-0.1, -0.05) is 23.8 Å². The summed E-state index contributed by atoms with van der Waals surface area (Å²) in [5.41, 5.74) is 2.18. The average molecular weight is 622 g/mol. The maximum absolute atomic E-state index is 13.5. The van der Waals surface area contributed by atoms with Gasteiger partial charge >= 0.3 is 0 Å². The van der Waals surface area contributed by atoms with Gasteiger partial charge in [0, 0.05) is 63.2 Å². The van der Waals surface area contributed by atoms with E-state index in [1.807, 2.05) is 13.0 Å². The molecule has 2 fully saturated rings. The van der Waals surface area contributed by atoms with Crippen molar-refractivity contribution in [2.45, 2.75) is 57.4 Å². The molecule has 2 aromatic rings. The van der Waals surface area contributed by atoms with Gasteiger partial charge < -0.3 is 35.4 Å². The van der Waals surface area contributed by atoms with Gasteiger partial charge in [-0.2, -0.15) is 0 Å². The monoisotopic (exact) mass is 621 g/mol. The molecule has 6 rings (SSSR count). The quantitative estimate of drug-likeness (QED) is 0.404. The number of fused-ring (bicyclic) bond motifs is 1. The van der Waals surface area contributed by atoms with Crippen LogP contribution in [0.5, 0.6) is 0 Å². The standard InChI is InChI=1S/C31H40ClN9O3/c1-19(25-5-4-6-27(37-25)40-11-9-39(3)10-12-40)35-29(42)20(2)41-18-26-23(30(41)43)15-21(16-33-26)28-24(32)17-34-31(38-28)36-22-7-13-44-14-8-22/h4-6,15-17,19-20,22,25,37H,7-14,18H2,1-3H3,(H,35,42)(H,34,36,38)/t19-,20-,25?/m1/s1. The van der Waals surface area contributed by atoms with Gasteiger partial charge in [-0.3, -0.25) is 14.6 Å². The van der Waals surface area contributed by atoms with Crippen molar-refractivity contribution >= 4 is 29.4 Å². The number of carbonyl (C=O) groups excluding carboxylic acids is 2. The van der Waals surface area contributed by atoms with E-state index in [0.717, 1.165) is 44.8 Å². The van der Waals surface area contributed by atoms with Crippen molar-refractivity contribution in [2.75, 3.05) is 51.8 Å². The molecule has 3 N–H and O–H groups in total. The van der Waals surface area contributed by atoms with Crippen molar-refractivity contribution in [3.05, 3.63) is 58.8 Å². The van der Waals surface area contributed by atoms with Crippen molar-refractivity contribution in [2.24, 2.45) is 0 Å². The van der Waals surface area contributed by atoms with Gasteiger partial charge in [0.2, 0.25) is 11.9 Å². The fraction of sp³-hybridized carbons (Fsp3) is 0.516. The number of likely N-dealkylation sites (N-methyl/N-ethyl adjacent to an activating group) is 1. The molecule has 2 saturated heterocycles. The molecule has 0 aliphatic carbocycles. The predicted molar refractivity (Wildman–Crippen MR) is 168 cm³/mol. The molecule has 13 heteroatoms. The Morgan fingerprint density at radius 1 is 1.14 bits per heavy atom. The van der Waals surface area contributed by atoms with Crippen molar-refractivity contribution < 1.29 is 14.3 Å². The molecule has 0 spiro atoms. The largest absolute Gasteiger partial charge is 0.381 e. The molecule has 0 saturated carbocycles. The number of amides is 2. The maximum Gasteiger partial charge on any atom is 0.256 e. The number of piperazine rings is 1. The highest BCUT2D eigenvalue weighted by atomic mass is 35.5. The molecule has 44 heavy (non-hydrogen) atoms. The van der Waals surface area contributed by atoms with Gasteiger partial charge in [0.15, 0.2) is 0 Å². The van der Waals surface area contributed by atoms with Crippen LogP contribution in [0.3, 0.4) is 0 Å². The minimum atomic E-state index is -0.680. The molecule has 2 aromatic heterocycles. The van der Waals surface area contributed by atoms with Crippen molar-refractivity contribution in [3.63, 3.8) is 0 Å². The predicted octanol–water partition coefficient (Wildman–Crippen LogP) is 2.25. The molecule has 4 aliphatic heterocycles. The smallest absolute Gasteiger partial charge is 0.256 e. The number of aromatic nitrogens is 3. The molecule has 0 aromatic carbocycles. The number of hydrogen-bond donors (Lipinski definition) is 3. The van der Waals surface area contributed by atoms with Crippen LogP contribution in [0, 0.1) is 0 Å². The normalized spacial score (nSPS) is 22.2. The van der Waals surface area contributed by atoms with Crippen LogP contribution in [0.1, 0.15) is 42.7 Å². The number of dihydropyridines is 1. The number of halogens is 1. The molecule has 1 unspecified atom stereocenters. The first-order valence-electron chi connectivity index (χ1n) is 15.3. The van der Waals surface area contributed by atoms with Crippen LogP contribution in [0.15, 0.2) is 42.5 Å². The molecule has 0 radical (unpaired) electrons. The zero-order valence-corrected chi connectivity index (χ0v) is 26.2. The van der Waals surface area contributed by atoms with Gasteiger partial charge in [-0.15, -0.1) is 0 Å². The van der Waals surface area contributed by atoms with Crippen molar-refractivity contribution in [3.8, 4) is 11.3 Å². The lowest BCUT2D eigenvalue weighted by Crippen LogP contribution is -2.55. The maximum atomic E-state index is 13.5. The lowest BCUT2D eigenvalue weighted by molar-refractivity contribution is -0.125. The highest BCUT2D eigenvalue weighted by Gasteiger charge is 2.36. The molecule has 6 heterocycles. The molecular weight excluding hydrogens is 582 g/mol. The summed E-state index contributed by atoms with van der Waals surface area (Å²) in [6.07, 6.45) is 11.2. The summed E-state index contributed by atoms with van der Waals surface area (Å²) in [4.78, 5) is 46.7. The number of rotatable bonds is 8. The Labute approximate surface area is 262 Å². The van der Waals surface area contributed by atoms with Gasteiger partial charge in [0.25, 0.3) is 5.91 Å². The number of nitrogens with zero attached hydrogens (tertiary/aromatic N) is 6. The number of ether oxygens (including phenoxy) is 1. The van der Waals surface area contributed by atoms with Crippen molar-refractivity contribution in [1.82, 2.24) is 40.3 Å². The van der Waals surface area contributed by atoms with Crippen LogP contribution in [0.2, 0.25) is 5.02 Å². The number of anilines is 1. The van der Waals surface area contributed by atoms with Gasteiger partial charge in [-0.05, 0) is 45.9 Å². The fourth-order valence-electron chi connectivity index (χ4n) is 5.94. The summed E-state index contributed by atoms with van der Waals surface area (Å²) in [5, 5.41) is 10.4. The summed E-state index contributed by atoms with van der Waals surface area (Å²) in [6.45, 7) is 9.32. The van der Waals surface area contributed by atoms with E-state index >= 15 is 0 Å². The minimum absolute atomic E-state index is 0.0649. The van der Waals surface area contributed by atoms with E-state index in [1.165, 1.54) is 0 Å². The fourth-order valence-corrected chi connectivity index (χ4v) is 6.14. The third kappa shape index (κ3) is 6.52. The lowest BCUT2D eigenvalue weighted by Gasteiger charge is -2.39. The third-order valence-electron chi connectivity index (χ3n) is 8.84. The van der Waals surface area contributed by atoms with Crippen LogP contribution in [-0.4, -0.2) is 112 Å². The number of nitrogens with one attached hydrogen (secondary N) is 3. The number of allylic oxidation sites excluding steroid dienone is 2. The SMILES string of the molecule is C[C@H](C(=O)N[C@H](C)C1C=CC=C(N2CCN(C)CC2)N1)N1Cc2ncc(-c3nc(NC4CCOCC4)ncc3Cl)cc2C1=O. The van der Waals surface area contributed by atoms with E-state index in [4.69, 9.17) is 16.3 Å². The van der Waals surface area contributed by atoms with Gasteiger partial charge in [-0.25, -0.2) is 9.97 Å². The molecule has 12 nitrogen and oxygen atoms in total. The Hall–Kier alpha value is -3.74. The second kappa shape index (κ2) is 13.1. The Balaban J connectivity index is 1.08. The first-order chi connectivity index (χ1) is 21.3.